The second-order valence-electron chi connectivity index (χ2n) is 4.04. The summed E-state index contributed by atoms with van der Waals surface area (Å²) in [6.07, 6.45) is 1.41. The lowest BCUT2D eigenvalue weighted by Crippen LogP contribution is -2.31. The van der Waals surface area contributed by atoms with Gasteiger partial charge in [-0.3, -0.25) is 14.3 Å². The summed E-state index contributed by atoms with van der Waals surface area (Å²) in [5.41, 5.74) is -0.908. The number of nitrogens with zero attached hydrogens (tertiary/aromatic N) is 1. The van der Waals surface area contributed by atoms with Gasteiger partial charge in [-0.1, -0.05) is 6.92 Å². The first-order valence-electron chi connectivity index (χ1n) is 5.19. The molecule has 1 saturated heterocycles. The maximum atomic E-state index is 11.5. The van der Waals surface area contributed by atoms with Crippen molar-refractivity contribution in [1.82, 2.24) is 9.55 Å². The van der Waals surface area contributed by atoms with Gasteiger partial charge in [-0.05, 0) is 12.3 Å². The molecule has 1 fully saturated rings. The molecule has 88 valence electrons. The average molecular weight is 226 g/mol. The van der Waals surface area contributed by atoms with Crippen LogP contribution in [0.2, 0.25) is 0 Å². The van der Waals surface area contributed by atoms with E-state index in [0.29, 0.717) is 6.42 Å². The molecule has 2 rings (SSSR count). The SMILES string of the molecule is CC1C[C@H](n2ccc(=O)[nH]c2=O)O[C@@H]1CO. The van der Waals surface area contributed by atoms with E-state index in [1.807, 2.05) is 6.92 Å². The second-order valence-corrected chi connectivity index (χ2v) is 4.04. The Morgan fingerprint density at radius 2 is 2.38 bits per heavy atom. The monoisotopic (exact) mass is 226 g/mol. The van der Waals surface area contributed by atoms with E-state index < -0.39 is 17.5 Å². The highest BCUT2D eigenvalue weighted by Crippen LogP contribution is 2.31. The number of aromatic nitrogens is 2. The zero-order valence-corrected chi connectivity index (χ0v) is 8.92. The van der Waals surface area contributed by atoms with Crippen LogP contribution in [0.1, 0.15) is 19.6 Å². The molecule has 0 radical (unpaired) electrons. The van der Waals surface area contributed by atoms with Gasteiger partial charge in [-0.2, -0.15) is 0 Å². The predicted octanol–water partition coefficient (Wildman–Crippen LogP) is -0.548. The third-order valence-corrected chi connectivity index (χ3v) is 2.88. The van der Waals surface area contributed by atoms with Gasteiger partial charge in [0.15, 0.2) is 0 Å². The zero-order chi connectivity index (χ0) is 11.7. The van der Waals surface area contributed by atoms with Crippen molar-refractivity contribution < 1.29 is 9.84 Å². The highest BCUT2D eigenvalue weighted by Gasteiger charge is 2.32. The summed E-state index contributed by atoms with van der Waals surface area (Å²) in [6.45, 7) is 1.90. The number of hydrogen-bond donors (Lipinski definition) is 2. The largest absolute Gasteiger partial charge is 0.394 e. The minimum Gasteiger partial charge on any atom is -0.394 e. The minimum absolute atomic E-state index is 0.0598. The van der Waals surface area contributed by atoms with Gasteiger partial charge in [-0.25, -0.2) is 4.79 Å². The molecular formula is C10H14N2O4. The number of rotatable bonds is 2. The van der Waals surface area contributed by atoms with Crippen LogP contribution in [0.4, 0.5) is 0 Å². The van der Waals surface area contributed by atoms with E-state index >= 15 is 0 Å². The number of aliphatic hydroxyl groups excluding tert-OH is 1. The molecular weight excluding hydrogens is 212 g/mol. The van der Waals surface area contributed by atoms with E-state index in [2.05, 4.69) is 4.98 Å². The van der Waals surface area contributed by atoms with Gasteiger partial charge in [-0.15, -0.1) is 0 Å². The molecule has 2 N–H and O–H groups in total. The summed E-state index contributed by atoms with van der Waals surface area (Å²) < 4.78 is 6.86. The Morgan fingerprint density at radius 1 is 1.62 bits per heavy atom. The molecule has 1 aliphatic rings. The Balaban J connectivity index is 2.27. The molecule has 16 heavy (non-hydrogen) atoms. The van der Waals surface area contributed by atoms with Crippen LogP contribution in [-0.4, -0.2) is 27.4 Å². The Bertz CT molecular complexity index is 478. The van der Waals surface area contributed by atoms with Crippen molar-refractivity contribution in [3.63, 3.8) is 0 Å². The van der Waals surface area contributed by atoms with Gasteiger partial charge >= 0.3 is 5.69 Å². The van der Waals surface area contributed by atoms with Crippen molar-refractivity contribution in [3.05, 3.63) is 33.1 Å². The van der Waals surface area contributed by atoms with Crippen molar-refractivity contribution in [2.45, 2.75) is 25.7 Å². The molecule has 2 heterocycles. The first-order chi connectivity index (χ1) is 7.61. The topological polar surface area (TPSA) is 84.3 Å². The predicted molar refractivity (Wildman–Crippen MR) is 56.1 cm³/mol. The molecule has 1 unspecified atom stereocenters. The lowest BCUT2D eigenvalue weighted by atomic mass is 10.0. The van der Waals surface area contributed by atoms with Crippen LogP contribution in [-0.2, 0) is 4.74 Å². The molecule has 0 aliphatic carbocycles. The molecule has 0 bridgehead atoms. The first-order valence-corrected chi connectivity index (χ1v) is 5.19. The first kappa shape index (κ1) is 11.1. The number of H-pyrrole nitrogens is 1. The lowest BCUT2D eigenvalue weighted by molar-refractivity contribution is -0.0313. The molecule has 0 spiro atoms. The van der Waals surface area contributed by atoms with Crippen molar-refractivity contribution in [1.29, 1.82) is 0 Å². The van der Waals surface area contributed by atoms with Crippen molar-refractivity contribution in [2.24, 2.45) is 5.92 Å². The quantitative estimate of drug-likeness (QED) is 0.708. The van der Waals surface area contributed by atoms with E-state index in [-0.39, 0.29) is 18.6 Å². The van der Waals surface area contributed by atoms with E-state index in [1.165, 1.54) is 16.8 Å². The highest BCUT2D eigenvalue weighted by atomic mass is 16.5. The summed E-state index contributed by atoms with van der Waals surface area (Å²) >= 11 is 0. The third kappa shape index (κ3) is 1.94. The Morgan fingerprint density at radius 3 is 2.94 bits per heavy atom. The third-order valence-electron chi connectivity index (χ3n) is 2.88. The molecule has 0 aromatic carbocycles. The molecule has 1 aromatic heterocycles. The molecule has 1 aliphatic heterocycles. The van der Waals surface area contributed by atoms with Crippen molar-refractivity contribution in [3.8, 4) is 0 Å². The maximum absolute atomic E-state index is 11.5. The van der Waals surface area contributed by atoms with Gasteiger partial charge in [0.05, 0.1) is 12.7 Å². The maximum Gasteiger partial charge on any atom is 0.330 e. The number of hydrogen-bond acceptors (Lipinski definition) is 4. The molecule has 0 saturated carbocycles. The fourth-order valence-corrected chi connectivity index (χ4v) is 1.92. The molecule has 1 aromatic rings. The van der Waals surface area contributed by atoms with E-state index in [9.17, 15) is 9.59 Å². The zero-order valence-electron chi connectivity index (χ0n) is 8.92. The van der Waals surface area contributed by atoms with E-state index in [4.69, 9.17) is 9.84 Å². The van der Waals surface area contributed by atoms with Crippen LogP contribution in [0, 0.1) is 5.92 Å². The van der Waals surface area contributed by atoms with Crippen molar-refractivity contribution >= 4 is 0 Å². The molecule has 6 heteroatoms. The van der Waals surface area contributed by atoms with Crippen LogP contribution in [0.25, 0.3) is 0 Å². The van der Waals surface area contributed by atoms with Gasteiger partial charge in [0.25, 0.3) is 5.56 Å². The number of nitrogens with one attached hydrogen (secondary N) is 1. The summed E-state index contributed by atoms with van der Waals surface area (Å²) in [7, 11) is 0. The Hall–Kier alpha value is -1.40. The smallest absolute Gasteiger partial charge is 0.330 e. The van der Waals surface area contributed by atoms with Gasteiger partial charge < -0.3 is 9.84 Å². The van der Waals surface area contributed by atoms with E-state index in [0.717, 1.165) is 0 Å². The van der Waals surface area contributed by atoms with Gasteiger partial charge in [0.2, 0.25) is 0 Å². The van der Waals surface area contributed by atoms with Crippen LogP contribution >= 0.6 is 0 Å². The second kappa shape index (κ2) is 4.23. The van der Waals surface area contributed by atoms with Crippen LogP contribution in [0.3, 0.4) is 0 Å². The number of aromatic amines is 1. The fourth-order valence-electron chi connectivity index (χ4n) is 1.92. The van der Waals surface area contributed by atoms with Crippen LogP contribution in [0.15, 0.2) is 21.9 Å². The van der Waals surface area contributed by atoms with Gasteiger partial charge in [0.1, 0.15) is 6.23 Å². The number of aliphatic hydroxyl groups is 1. The van der Waals surface area contributed by atoms with E-state index in [1.54, 1.807) is 0 Å². The Labute approximate surface area is 91.5 Å². The normalized spacial score (nSPS) is 29.5. The fraction of sp³-hybridized carbons (Fsp3) is 0.600. The van der Waals surface area contributed by atoms with Crippen LogP contribution in [0.5, 0.6) is 0 Å². The standard InChI is InChI=1S/C10H14N2O4/c1-6-4-9(16-7(6)5-13)12-3-2-8(14)11-10(12)15/h2-3,6-7,9,13H,4-5H2,1H3,(H,11,14,15)/t6?,7-,9-/m1/s1. The summed E-state index contributed by atoms with van der Waals surface area (Å²) in [4.78, 5) is 24.6. The number of ether oxygens (including phenoxy) is 1. The van der Waals surface area contributed by atoms with Crippen LogP contribution < -0.4 is 11.2 Å². The minimum atomic E-state index is -0.483. The summed E-state index contributed by atoms with van der Waals surface area (Å²) in [5.74, 6) is 0.189. The van der Waals surface area contributed by atoms with Gasteiger partial charge in [0, 0.05) is 12.3 Å². The molecule has 6 nitrogen and oxygen atoms in total. The lowest BCUT2D eigenvalue weighted by Gasteiger charge is -2.14. The van der Waals surface area contributed by atoms with Crippen molar-refractivity contribution in [2.75, 3.05) is 6.61 Å². The Kier molecular flexibility index (Phi) is 2.93. The highest BCUT2D eigenvalue weighted by molar-refractivity contribution is 4.87. The molecule has 0 amide bonds. The summed E-state index contributed by atoms with van der Waals surface area (Å²) in [6, 6.07) is 1.28. The summed E-state index contributed by atoms with van der Waals surface area (Å²) in [5, 5.41) is 9.04. The average Bonchev–Trinajstić information content (AvgIpc) is 2.59. The molecule has 3 atom stereocenters.